The quantitative estimate of drug-likeness (QED) is 0.326. The molecular formula is C18H21N7O3. The van der Waals surface area contributed by atoms with Gasteiger partial charge in [-0.25, -0.2) is 0 Å². The van der Waals surface area contributed by atoms with E-state index in [9.17, 15) is 14.9 Å². The lowest BCUT2D eigenvalue weighted by atomic mass is 10.1. The fourth-order valence-corrected chi connectivity index (χ4v) is 2.96. The van der Waals surface area contributed by atoms with Crippen LogP contribution in [0.4, 0.5) is 11.4 Å². The molecule has 2 aromatic heterocycles. The molecule has 0 fully saturated rings. The monoisotopic (exact) mass is 383 g/mol. The molecule has 3 N–H and O–H groups in total. The Morgan fingerprint density at radius 1 is 1.29 bits per heavy atom. The second-order valence-electron chi connectivity index (χ2n) is 6.29. The van der Waals surface area contributed by atoms with Gasteiger partial charge in [-0.3, -0.25) is 24.7 Å². The normalized spacial score (nSPS) is 10.7. The highest BCUT2D eigenvalue weighted by molar-refractivity contribution is 5.93. The molecule has 10 nitrogen and oxygen atoms in total. The van der Waals surface area contributed by atoms with Gasteiger partial charge in [-0.05, 0) is 26.0 Å². The highest BCUT2D eigenvalue weighted by atomic mass is 16.6. The summed E-state index contributed by atoms with van der Waals surface area (Å²) in [5.41, 5.74) is 4.10. The molecule has 0 atom stereocenters. The number of H-pyrrole nitrogens is 1. The van der Waals surface area contributed by atoms with Gasteiger partial charge in [-0.15, -0.1) is 0 Å². The Labute approximate surface area is 161 Å². The lowest BCUT2D eigenvalue weighted by Gasteiger charge is -2.07. The molecule has 28 heavy (non-hydrogen) atoms. The largest absolute Gasteiger partial charge is 0.378 e. The number of aromatic amines is 1. The second-order valence-corrected chi connectivity index (χ2v) is 6.29. The molecular weight excluding hydrogens is 362 g/mol. The fraction of sp³-hybridized carbons (Fsp3) is 0.278. The van der Waals surface area contributed by atoms with E-state index in [2.05, 4.69) is 25.9 Å². The molecule has 1 aromatic carbocycles. The van der Waals surface area contributed by atoms with E-state index in [4.69, 9.17) is 0 Å². The Kier molecular flexibility index (Phi) is 5.39. The zero-order valence-corrected chi connectivity index (χ0v) is 15.8. The van der Waals surface area contributed by atoms with Crippen molar-refractivity contribution in [2.45, 2.75) is 13.8 Å². The molecule has 0 aliphatic carbocycles. The standard InChI is InChI=1S/C18H21N7O3/c1-11-17(12(2)24(3)23-11)14-10-15(22-21-14)18(26)20-9-8-19-13-6-4-5-7-16(13)25(27)28/h4-7,10,19H,8-9H2,1-3H3,(H,20,26)(H,21,22). The van der Waals surface area contributed by atoms with Gasteiger partial charge in [0.2, 0.25) is 0 Å². The minimum atomic E-state index is -0.449. The number of nitro benzene ring substituents is 1. The van der Waals surface area contributed by atoms with Gasteiger partial charge in [0, 0.05) is 37.5 Å². The zero-order chi connectivity index (χ0) is 20.3. The predicted octanol–water partition coefficient (Wildman–Crippen LogP) is 2.18. The molecule has 0 saturated carbocycles. The van der Waals surface area contributed by atoms with Crippen LogP contribution in [-0.2, 0) is 7.05 Å². The summed E-state index contributed by atoms with van der Waals surface area (Å²) in [6, 6.07) is 8.05. The van der Waals surface area contributed by atoms with Crippen LogP contribution in [0, 0.1) is 24.0 Å². The molecule has 146 valence electrons. The molecule has 0 saturated heterocycles. The number of anilines is 1. The van der Waals surface area contributed by atoms with Gasteiger partial charge in [0.15, 0.2) is 0 Å². The van der Waals surface area contributed by atoms with Crippen LogP contribution in [0.5, 0.6) is 0 Å². The maximum atomic E-state index is 12.3. The van der Waals surface area contributed by atoms with E-state index >= 15 is 0 Å². The van der Waals surface area contributed by atoms with Gasteiger partial charge in [-0.1, -0.05) is 12.1 Å². The van der Waals surface area contributed by atoms with E-state index in [1.165, 1.54) is 6.07 Å². The first-order chi connectivity index (χ1) is 13.4. The van der Waals surface area contributed by atoms with Crippen LogP contribution in [0.1, 0.15) is 21.9 Å². The molecule has 0 radical (unpaired) electrons. The van der Waals surface area contributed by atoms with Gasteiger partial charge >= 0.3 is 0 Å². The van der Waals surface area contributed by atoms with Crippen LogP contribution in [-0.4, -0.2) is 43.9 Å². The summed E-state index contributed by atoms with van der Waals surface area (Å²) in [7, 11) is 1.86. The fourth-order valence-electron chi connectivity index (χ4n) is 2.96. The number of aryl methyl sites for hydroxylation is 2. The third-order valence-electron chi connectivity index (χ3n) is 4.41. The zero-order valence-electron chi connectivity index (χ0n) is 15.8. The maximum absolute atomic E-state index is 12.3. The second kappa shape index (κ2) is 7.91. The Morgan fingerprint density at radius 3 is 2.71 bits per heavy atom. The summed E-state index contributed by atoms with van der Waals surface area (Å²) in [5, 5.41) is 28.0. The van der Waals surface area contributed by atoms with Gasteiger partial charge < -0.3 is 10.6 Å². The molecule has 10 heteroatoms. The first kappa shape index (κ1) is 19.1. The first-order valence-corrected chi connectivity index (χ1v) is 8.70. The lowest BCUT2D eigenvalue weighted by molar-refractivity contribution is -0.384. The number of aromatic nitrogens is 4. The highest BCUT2D eigenvalue weighted by Gasteiger charge is 2.17. The molecule has 1 amide bonds. The number of para-hydroxylation sites is 2. The number of nitrogens with one attached hydrogen (secondary N) is 3. The van der Waals surface area contributed by atoms with Gasteiger partial charge in [0.25, 0.3) is 11.6 Å². The number of rotatable bonds is 7. The first-order valence-electron chi connectivity index (χ1n) is 8.70. The number of hydrogen-bond donors (Lipinski definition) is 3. The van der Waals surface area contributed by atoms with Crippen molar-refractivity contribution < 1.29 is 9.72 Å². The average Bonchev–Trinajstić information content (AvgIpc) is 3.23. The van der Waals surface area contributed by atoms with Crippen molar-refractivity contribution in [1.82, 2.24) is 25.3 Å². The molecule has 0 spiro atoms. The van der Waals surface area contributed by atoms with Crippen molar-refractivity contribution in [3.8, 4) is 11.3 Å². The van der Waals surface area contributed by atoms with Crippen molar-refractivity contribution in [2.24, 2.45) is 7.05 Å². The van der Waals surface area contributed by atoms with E-state index in [0.29, 0.717) is 30.2 Å². The third kappa shape index (κ3) is 3.85. The van der Waals surface area contributed by atoms with Crippen LogP contribution in [0.2, 0.25) is 0 Å². The van der Waals surface area contributed by atoms with Gasteiger partial charge in [-0.2, -0.15) is 10.2 Å². The Morgan fingerprint density at radius 2 is 2.04 bits per heavy atom. The number of carbonyl (C=O) groups is 1. The van der Waals surface area contributed by atoms with Crippen molar-refractivity contribution in [3.05, 3.63) is 57.5 Å². The summed E-state index contributed by atoms with van der Waals surface area (Å²) >= 11 is 0. The number of nitrogens with zero attached hydrogens (tertiary/aromatic N) is 4. The van der Waals surface area contributed by atoms with E-state index in [1.54, 1.807) is 28.9 Å². The van der Waals surface area contributed by atoms with Crippen molar-refractivity contribution in [1.29, 1.82) is 0 Å². The van der Waals surface area contributed by atoms with E-state index in [0.717, 1.165) is 17.0 Å². The number of hydrogen-bond acceptors (Lipinski definition) is 6. The molecule has 0 aliphatic rings. The predicted molar refractivity (Wildman–Crippen MR) is 104 cm³/mol. The smallest absolute Gasteiger partial charge is 0.292 e. The molecule has 3 aromatic rings. The van der Waals surface area contributed by atoms with Crippen molar-refractivity contribution >= 4 is 17.3 Å². The third-order valence-corrected chi connectivity index (χ3v) is 4.41. The summed E-state index contributed by atoms with van der Waals surface area (Å²) in [6.45, 7) is 4.48. The molecule has 3 rings (SSSR count). The van der Waals surface area contributed by atoms with Crippen LogP contribution in [0.15, 0.2) is 30.3 Å². The highest BCUT2D eigenvalue weighted by Crippen LogP contribution is 2.25. The van der Waals surface area contributed by atoms with Crippen LogP contribution >= 0.6 is 0 Å². The minimum Gasteiger partial charge on any atom is -0.378 e. The topological polar surface area (TPSA) is 131 Å². The number of nitro groups is 1. The Bertz CT molecular complexity index is 1020. The number of amides is 1. The minimum absolute atomic E-state index is 0.00533. The van der Waals surface area contributed by atoms with Crippen molar-refractivity contribution in [3.63, 3.8) is 0 Å². The Hall–Kier alpha value is -3.69. The average molecular weight is 383 g/mol. The molecule has 0 bridgehead atoms. The molecule has 0 unspecified atom stereocenters. The summed E-state index contributed by atoms with van der Waals surface area (Å²) in [4.78, 5) is 22.9. The number of carbonyl (C=O) groups excluding carboxylic acids is 1. The van der Waals surface area contributed by atoms with E-state index in [1.807, 2.05) is 20.9 Å². The van der Waals surface area contributed by atoms with Crippen LogP contribution in [0.25, 0.3) is 11.3 Å². The summed E-state index contributed by atoms with van der Waals surface area (Å²) < 4.78 is 1.77. The molecule has 2 heterocycles. The van der Waals surface area contributed by atoms with E-state index < -0.39 is 4.92 Å². The van der Waals surface area contributed by atoms with Crippen molar-refractivity contribution in [2.75, 3.05) is 18.4 Å². The van der Waals surface area contributed by atoms with E-state index in [-0.39, 0.29) is 11.6 Å². The van der Waals surface area contributed by atoms with Gasteiger partial charge in [0.05, 0.1) is 16.3 Å². The summed E-state index contributed by atoms with van der Waals surface area (Å²) in [6.07, 6.45) is 0. The molecule has 0 aliphatic heterocycles. The SMILES string of the molecule is Cc1nn(C)c(C)c1-c1cc(C(=O)NCCNc2ccccc2[N+](=O)[O-])[nH]n1. The Balaban J connectivity index is 1.58. The van der Waals surface area contributed by atoms with Crippen LogP contribution < -0.4 is 10.6 Å². The maximum Gasteiger partial charge on any atom is 0.292 e. The summed E-state index contributed by atoms with van der Waals surface area (Å²) in [5.74, 6) is -0.303. The van der Waals surface area contributed by atoms with Crippen LogP contribution in [0.3, 0.4) is 0 Å². The van der Waals surface area contributed by atoms with Gasteiger partial charge in [0.1, 0.15) is 11.4 Å². The lowest BCUT2D eigenvalue weighted by Crippen LogP contribution is -2.29. The number of benzene rings is 1.